The highest BCUT2D eigenvalue weighted by Crippen LogP contribution is 2.46. The van der Waals surface area contributed by atoms with E-state index >= 15 is 0 Å². The molecule has 52 heavy (non-hydrogen) atoms. The van der Waals surface area contributed by atoms with Crippen molar-refractivity contribution in [2.45, 2.75) is 98.9 Å². The van der Waals surface area contributed by atoms with Gasteiger partial charge in [-0.2, -0.15) is 0 Å². The van der Waals surface area contributed by atoms with E-state index in [-0.39, 0.29) is 17.1 Å². The molecule has 286 valence electrons. The molecule has 0 bridgehead atoms. The average Bonchev–Trinajstić information content (AvgIpc) is 3.12. The molecule has 3 saturated heterocycles. The summed E-state index contributed by atoms with van der Waals surface area (Å²) in [5, 5.41) is 125. The van der Waals surface area contributed by atoms with Gasteiger partial charge in [0.1, 0.15) is 107 Å². The average molecular weight is 741 g/mol. The third-order valence-corrected chi connectivity index (χ3v) is 9.48. The van der Waals surface area contributed by atoms with Crippen LogP contribution in [0.3, 0.4) is 0 Å². The Balaban J connectivity index is 1.40. The SMILES string of the molecule is C[C@@H]1O[C@H](c2c(O[C@H]3O[C@H](CO)[C@@H](O)[C@H](O)[C@H]3O)cc3oc(-c4ccc(O)cc4)cc(=O)c3c2O)[C@@H](O)[C@@H](O)[C@@H]1O[C@@H]1O[C@H](CO)[C@@H](O)[C@H](O)[C@H]1O. The van der Waals surface area contributed by atoms with Crippen LogP contribution in [0.5, 0.6) is 17.2 Å². The van der Waals surface area contributed by atoms with Crippen LogP contribution in [-0.4, -0.2) is 160 Å². The van der Waals surface area contributed by atoms with Crippen molar-refractivity contribution in [2.75, 3.05) is 13.2 Å². The summed E-state index contributed by atoms with van der Waals surface area (Å²) in [6, 6.07) is 7.73. The lowest BCUT2D eigenvalue weighted by molar-refractivity contribution is -0.340. The number of phenols is 2. The zero-order chi connectivity index (χ0) is 37.8. The maximum Gasteiger partial charge on any atom is 0.229 e. The fourth-order valence-electron chi connectivity index (χ4n) is 6.53. The summed E-state index contributed by atoms with van der Waals surface area (Å²) in [5.41, 5.74) is -1.20. The van der Waals surface area contributed by atoms with E-state index < -0.39 is 133 Å². The van der Waals surface area contributed by atoms with Gasteiger partial charge in [0.15, 0.2) is 11.7 Å². The highest BCUT2D eigenvalue weighted by Gasteiger charge is 2.51. The molecule has 0 amide bonds. The van der Waals surface area contributed by atoms with Gasteiger partial charge in [0.2, 0.25) is 6.29 Å². The summed E-state index contributed by atoms with van der Waals surface area (Å²) in [5.74, 6) is -1.40. The highest BCUT2D eigenvalue weighted by atomic mass is 16.7. The second-order valence-corrected chi connectivity index (χ2v) is 12.9. The van der Waals surface area contributed by atoms with Crippen LogP contribution >= 0.6 is 0 Å². The van der Waals surface area contributed by atoms with Gasteiger partial charge in [-0.25, -0.2) is 0 Å². The van der Waals surface area contributed by atoms with Gasteiger partial charge in [-0.15, -0.1) is 0 Å². The van der Waals surface area contributed by atoms with Crippen molar-refractivity contribution in [3.05, 3.63) is 52.2 Å². The van der Waals surface area contributed by atoms with Gasteiger partial charge in [-0.3, -0.25) is 4.79 Å². The molecule has 2 aromatic carbocycles. The maximum absolute atomic E-state index is 13.5. The molecule has 3 fully saturated rings. The smallest absolute Gasteiger partial charge is 0.229 e. The minimum Gasteiger partial charge on any atom is -0.508 e. The number of benzene rings is 2. The zero-order valence-corrected chi connectivity index (χ0v) is 27.3. The van der Waals surface area contributed by atoms with Crippen LogP contribution in [0, 0.1) is 0 Å². The first-order valence-corrected chi connectivity index (χ1v) is 16.2. The zero-order valence-electron chi connectivity index (χ0n) is 27.3. The van der Waals surface area contributed by atoms with Crippen molar-refractivity contribution in [1.29, 1.82) is 0 Å². The van der Waals surface area contributed by atoms with Crippen molar-refractivity contribution < 1.29 is 89.4 Å². The number of hydrogen-bond acceptors (Lipinski definition) is 19. The third kappa shape index (κ3) is 6.85. The molecule has 0 aliphatic carbocycles. The van der Waals surface area contributed by atoms with Crippen LogP contribution in [0.2, 0.25) is 0 Å². The summed E-state index contributed by atoms with van der Waals surface area (Å²) < 4.78 is 34.3. The largest absolute Gasteiger partial charge is 0.508 e. The fourth-order valence-corrected chi connectivity index (χ4v) is 6.53. The van der Waals surface area contributed by atoms with Gasteiger partial charge in [-0.1, -0.05) is 0 Å². The predicted octanol–water partition coefficient (Wildman–Crippen LogP) is -3.58. The van der Waals surface area contributed by atoms with Gasteiger partial charge in [0.25, 0.3) is 0 Å². The van der Waals surface area contributed by atoms with E-state index in [0.717, 1.165) is 12.1 Å². The first kappa shape index (κ1) is 38.2. The molecule has 1 aromatic heterocycles. The Morgan fingerprint density at radius 2 is 1.27 bits per heavy atom. The normalized spacial score (nSPS) is 38.3. The minimum absolute atomic E-state index is 0.00498. The van der Waals surface area contributed by atoms with Crippen molar-refractivity contribution >= 4 is 11.0 Å². The summed E-state index contributed by atoms with van der Waals surface area (Å²) in [7, 11) is 0. The van der Waals surface area contributed by atoms with Crippen LogP contribution in [0.25, 0.3) is 22.3 Å². The van der Waals surface area contributed by atoms with Crippen LogP contribution in [-0.2, 0) is 18.9 Å². The summed E-state index contributed by atoms with van der Waals surface area (Å²) in [6.07, 6.45) is -25.7. The van der Waals surface area contributed by atoms with Gasteiger partial charge in [0, 0.05) is 17.7 Å². The number of hydrogen-bond donors (Lipinski definition) is 12. The lowest BCUT2D eigenvalue weighted by atomic mass is 9.89. The molecule has 12 N–H and O–H groups in total. The molecule has 0 radical (unpaired) electrons. The Morgan fingerprint density at radius 1 is 0.692 bits per heavy atom. The molecule has 19 nitrogen and oxygen atoms in total. The standard InChI is InChI=1S/C33H40O19/c1-10-30(52-33-29(46)25(42)22(39)18(9-35)51-33)26(43)27(44)31(47-10)20-16(49-32-28(45)24(41)21(38)17(8-34)50-32)7-15-19(23(20)40)13(37)6-14(48-15)11-2-4-12(36)5-3-11/h2-7,10,17-18,21-22,24-36,38-46H,8-9H2,1H3/t10-,17+,18+,21+,22+,24-,25-,26+,27-,28+,29+,30+,31+,32-,33-/m0/s1. The van der Waals surface area contributed by atoms with Crippen LogP contribution in [0.15, 0.2) is 45.6 Å². The first-order valence-electron chi connectivity index (χ1n) is 16.2. The lowest BCUT2D eigenvalue weighted by Crippen LogP contribution is -2.62. The topological polar surface area (TPSA) is 319 Å². The van der Waals surface area contributed by atoms with E-state index in [0.29, 0.717) is 5.56 Å². The van der Waals surface area contributed by atoms with Crippen molar-refractivity contribution in [3.8, 4) is 28.6 Å². The Hall–Kier alpha value is -3.51. The summed E-state index contributed by atoms with van der Waals surface area (Å²) >= 11 is 0. The molecule has 6 rings (SSSR count). The highest BCUT2D eigenvalue weighted by molar-refractivity contribution is 5.88. The van der Waals surface area contributed by atoms with Gasteiger partial charge in [-0.05, 0) is 31.2 Å². The Morgan fingerprint density at radius 3 is 1.87 bits per heavy atom. The van der Waals surface area contributed by atoms with E-state index in [9.17, 15) is 66.1 Å². The molecular weight excluding hydrogens is 700 g/mol. The van der Waals surface area contributed by atoms with Gasteiger partial charge >= 0.3 is 0 Å². The summed E-state index contributed by atoms with van der Waals surface area (Å²) in [6.45, 7) is -0.210. The summed E-state index contributed by atoms with van der Waals surface area (Å²) in [4.78, 5) is 13.5. The molecule has 3 aliphatic heterocycles. The second-order valence-electron chi connectivity index (χ2n) is 12.9. The molecule has 0 saturated carbocycles. The molecule has 15 atom stereocenters. The van der Waals surface area contributed by atoms with E-state index in [1.807, 2.05) is 0 Å². The Kier molecular flexibility index (Phi) is 11.1. The number of phenolic OH excluding ortho intramolecular Hbond substituents is 2. The third-order valence-electron chi connectivity index (χ3n) is 9.48. The number of rotatable bonds is 8. The van der Waals surface area contributed by atoms with Gasteiger partial charge in [0.05, 0.1) is 24.9 Å². The van der Waals surface area contributed by atoms with E-state index in [4.69, 9.17) is 28.1 Å². The Labute approximate surface area is 293 Å². The lowest BCUT2D eigenvalue weighted by Gasteiger charge is -2.46. The van der Waals surface area contributed by atoms with Crippen LogP contribution in [0.1, 0.15) is 18.6 Å². The van der Waals surface area contributed by atoms with Crippen molar-refractivity contribution in [1.82, 2.24) is 0 Å². The Bertz CT molecular complexity index is 1760. The van der Waals surface area contributed by atoms with Crippen LogP contribution in [0.4, 0.5) is 0 Å². The number of fused-ring (bicyclic) bond motifs is 1. The molecule has 3 aromatic rings. The molecule has 0 spiro atoms. The number of aliphatic hydroxyl groups excluding tert-OH is 10. The van der Waals surface area contributed by atoms with E-state index in [1.54, 1.807) is 0 Å². The van der Waals surface area contributed by atoms with Crippen molar-refractivity contribution in [3.63, 3.8) is 0 Å². The minimum atomic E-state index is -2.02. The van der Waals surface area contributed by atoms with Crippen molar-refractivity contribution in [2.24, 2.45) is 0 Å². The first-order chi connectivity index (χ1) is 24.7. The van der Waals surface area contributed by atoms with E-state index in [2.05, 4.69) is 0 Å². The van der Waals surface area contributed by atoms with Gasteiger partial charge < -0.3 is 89.4 Å². The molecule has 0 unspecified atom stereocenters. The molecule has 19 heteroatoms. The molecular formula is C33H40O19. The number of aromatic hydroxyl groups is 2. The second kappa shape index (κ2) is 15.1. The fraction of sp³-hybridized carbons (Fsp3) is 0.545. The predicted molar refractivity (Wildman–Crippen MR) is 170 cm³/mol. The maximum atomic E-state index is 13.5. The monoisotopic (exact) mass is 740 g/mol. The molecule has 4 heterocycles. The number of ether oxygens (including phenoxy) is 5. The quantitative estimate of drug-likeness (QED) is 0.106. The van der Waals surface area contributed by atoms with Crippen LogP contribution < -0.4 is 10.2 Å². The number of aliphatic hydroxyl groups is 10. The molecule has 3 aliphatic rings. The van der Waals surface area contributed by atoms with E-state index in [1.165, 1.54) is 31.2 Å².